The molecule has 0 atom stereocenters. The van der Waals surface area contributed by atoms with E-state index in [0.29, 0.717) is 0 Å². The fourth-order valence-corrected chi connectivity index (χ4v) is 2.06. The number of carbonyl (C=O) groups excluding carboxylic acids is 1. The van der Waals surface area contributed by atoms with Crippen LogP contribution in [-0.4, -0.2) is 17.6 Å². The summed E-state index contributed by atoms with van der Waals surface area (Å²) in [7, 11) is 0. The van der Waals surface area contributed by atoms with Gasteiger partial charge in [0, 0.05) is 6.20 Å². The zero-order chi connectivity index (χ0) is 14.2. The van der Waals surface area contributed by atoms with Crippen LogP contribution in [-0.2, 0) is 4.74 Å². The molecule has 1 heterocycles. The number of hydrogen-bond donors (Lipinski definition) is 1. The highest BCUT2D eigenvalue weighted by Crippen LogP contribution is 2.32. The molecule has 0 aliphatic heterocycles. The molecule has 0 saturated heterocycles. The summed E-state index contributed by atoms with van der Waals surface area (Å²) in [5.74, 6) is -2.23. The lowest BCUT2D eigenvalue weighted by molar-refractivity contribution is 0.0527. The molecule has 2 rings (SSSR count). The highest BCUT2D eigenvalue weighted by atomic mass is 79.9. The second kappa shape index (κ2) is 5.08. The summed E-state index contributed by atoms with van der Waals surface area (Å²) in [6.45, 7) is 1.77. The number of fused-ring (bicyclic) bond motifs is 1. The van der Waals surface area contributed by atoms with E-state index in [4.69, 9.17) is 10.5 Å². The molecule has 0 fully saturated rings. The average molecular weight is 331 g/mol. The topological polar surface area (TPSA) is 65.2 Å². The number of hydrogen-bond acceptors (Lipinski definition) is 4. The predicted octanol–water partition coefficient (Wildman–Crippen LogP) is 3.03. The lowest BCUT2D eigenvalue weighted by atomic mass is 10.1. The largest absolute Gasteiger partial charge is 0.462 e. The zero-order valence-corrected chi connectivity index (χ0v) is 11.4. The summed E-state index contributed by atoms with van der Waals surface area (Å²) in [6, 6.07) is 0.953. The molecule has 0 unspecified atom stereocenters. The van der Waals surface area contributed by atoms with Crippen molar-refractivity contribution in [1.29, 1.82) is 0 Å². The fraction of sp³-hybridized carbons (Fsp3) is 0.167. The standard InChI is InChI=1S/C12H9BrF2N2O2/c1-2-19-12(18)5-4-17-11-7(14)3-6(13)9(15)8(11)10(5)16/h3-4H,2H2,1H3,(H2,16,17). The van der Waals surface area contributed by atoms with Crippen molar-refractivity contribution < 1.29 is 18.3 Å². The molecule has 0 aliphatic carbocycles. The van der Waals surface area contributed by atoms with E-state index in [9.17, 15) is 13.6 Å². The number of benzene rings is 1. The number of nitrogen functional groups attached to an aromatic ring is 1. The smallest absolute Gasteiger partial charge is 0.341 e. The van der Waals surface area contributed by atoms with Crippen LogP contribution in [0.25, 0.3) is 10.9 Å². The van der Waals surface area contributed by atoms with Crippen LogP contribution in [0.3, 0.4) is 0 Å². The Balaban J connectivity index is 2.77. The van der Waals surface area contributed by atoms with Crippen LogP contribution in [0.4, 0.5) is 14.5 Å². The zero-order valence-electron chi connectivity index (χ0n) is 9.84. The van der Waals surface area contributed by atoms with E-state index in [-0.39, 0.29) is 33.2 Å². The monoisotopic (exact) mass is 330 g/mol. The molecule has 0 amide bonds. The summed E-state index contributed by atoms with van der Waals surface area (Å²) >= 11 is 2.88. The normalized spacial score (nSPS) is 10.7. The molecule has 0 aliphatic rings. The number of nitrogens with two attached hydrogens (primary N) is 1. The second-order valence-electron chi connectivity index (χ2n) is 3.68. The molecule has 0 saturated carbocycles. The maximum atomic E-state index is 14.0. The van der Waals surface area contributed by atoms with Crippen molar-refractivity contribution in [2.45, 2.75) is 6.92 Å². The Labute approximate surface area is 115 Å². The van der Waals surface area contributed by atoms with Crippen LogP contribution in [0.1, 0.15) is 17.3 Å². The predicted molar refractivity (Wildman–Crippen MR) is 69.7 cm³/mol. The molecule has 19 heavy (non-hydrogen) atoms. The molecule has 100 valence electrons. The van der Waals surface area contributed by atoms with Crippen LogP contribution >= 0.6 is 15.9 Å². The minimum Gasteiger partial charge on any atom is -0.462 e. The van der Waals surface area contributed by atoms with Crippen LogP contribution < -0.4 is 5.73 Å². The van der Waals surface area contributed by atoms with Gasteiger partial charge in [-0.1, -0.05) is 0 Å². The number of aromatic nitrogens is 1. The summed E-state index contributed by atoms with van der Waals surface area (Å²) in [4.78, 5) is 15.4. The van der Waals surface area contributed by atoms with Gasteiger partial charge in [-0.2, -0.15) is 0 Å². The first-order chi connectivity index (χ1) is 8.97. The van der Waals surface area contributed by atoms with Gasteiger partial charge in [0.05, 0.1) is 22.2 Å². The summed E-state index contributed by atoms with van der Waals surface area (Å²) in [5.41, 5.74) is 5.20. The van der Waals surface area contributed by atoms with E-state index in [1.54, 1.807) is 6.92 Å². The maximum absolute atomic E-state index is 14.0. The van der Waals surface area contributed by atoms with Gasteiger partial charge in [0.1, 0.15) is 16.9 Å². The number of esters is 1. The molecule has 1 aromatic heterocycles. The minimum absolute atomic E-state index is 0.0907. The van der Waals surface area contributed by atoms with E-state index in [2.05, 4.69) is 20.9 Å². The van der Waals surface area contributed by atoms with Gasteiger partial charge in [0.15, 0.2) is 5.82 Å². The maximum Gasteiger partial charge on any atom is 0.341 e. The number of carbonyl (C=O) groups is 1. The number of pyridine rings is 1. The quantitative estimate of drug-likeness (QED) is 0.679. The van der Waals surface area contributed by atoms with Crippen LogP contribution in [0, 0.1) is 11.6 Å². The highest BCUT2D eigenvalue weighted by molar-refractivity contribution is 9.10. The van der Waals surface area contributed by atoms with Crippen molar-refractivity contribution in [2.24, 2.45) is 0 Å². The second-order valence-corrected chi connectivity index (χ2v) is 4.54. The Kier molecular flexibility index (Phi) is 3.66. The number of nitrogens with zero attached hydrogens (tertiary/aromatic N) is 1. The Bertz CT molecular complexity index is 677. The lowest BCUT2D eigenvalue weighted by Gasteiger charge is -2.10. The Morgan fingerprint density at radius 3 is 2.84 bits per heavy atom. The van der Waals surface area contributed by atoms with Crippen molar-refractivity contribution in [1.82, 2.24) is 4.98 Å². The molecular formula is C12H9BrF2N2O2. The van der Waals surface area contributed by atoms with E-state index in [1.807, 2.05) is 0 Å². The molecule has 2 aromatic rings. The SMILES string of the molecule is CCOC(=O)c1cnc2c(F)cc(Br)c(F)c2c1N. The number of ether oxygens (including phenoxy) is 1. The van der Waals surface area contributed by atoms with Gasteiger partial charge in [-0.15, -0.1) is 0 Å². The highest BCUT2D eigenvalue weighted by Gasteiger charge is 2.20. The molecule has 4 nitrogen and oxygen atoms in total. The van der Waals surface area contributed by atoms with Gasteiger partial charge < -0.3 is 10.5 Å². The first kappa shape index (κ1) is 13.7. The Morgan fingerprint density at radius 2 is 2.21 bits per heavy atom. The molecule has 2 N–H and O–H groups in total. The van der Waals surface area contributed by atoms with Gasteiger partial charge in [0.25, 0.3) is 0 Å². The summed E-state index contributed by atoms with van der Waals surface area (Å²) in [6.07, 6.45) is 1.08. The Hall–Kier alpha value is -1.76. The van der Waals surface area contributed by atoms with Crippen molar-refractivity contribution in [3.63, 3.8) is 0 Å². The third kappa shape index (κ3) is 2.25. The van der Waals surface area contributed by atoms with E-state index in [1.165, 1.54) is 0 Å². The van der Waals surface area contributed by atoms with E-state index in [0.717, 1.165) is 12.3 Å². The van der Waals surface area contributed by atoms with Crippen molar-refractivity contribution in [3.05, 3.63) is 33.9 Å². The molecule has 0 spiro atoms. The van der Waals surface area contributed by atoms with Gasteiger partial charge in [-0.05, 0) is 28.9 Å². The van der Waals surface area contributed by atoms with Crippen LogP contribution in [0.2, 0.25) is 0 Å². The molecule has 0 radical (unpaired) electrons. The number of anilines is 1. The minimum atomic E-state index is -0.771. The molecule has 1 aromatic carbocycles. The summed E-state index contributed by atoms with van der Waals surface area (Å²) in [5, 5.41) is -0.238. The van der Waals surface area contributed by atoms with Gasteiger partial charge in [-0.25, -0.2) is 13.6 Å². The van der Waals surface area contributed by atoms with Gasteiger partial charge in [-0.3, -0.25) is 4.98 Å². The first-order valence-electron chi connectivity index (χ1n) is 5.36. The van der Waals surface area contributed by atoms with Crippen molar-refractivity contribution in [2.75, 3.05) is 12.3 Å². The molecule has 7 heteroatoms. The van der Waals surface area contributed by atoms with E-state index < -0.39 is 17.6 Å². The lowest BCUT2D eigenvalue weighted by Crippen LogP contribution is -2.10. The first-order valence-corrected chi connectivity index (χ1v) is 6.15. The number of halogens is 3. The fourth-order valence-electron chi connectivity index (χ4n) is 1.66. The Morgan fingerprint density at radius 1 is 1.53 bits per heavy atom. The molecular weight excluding hydrogens is 322 g/mol. The van der Waals surface area contributed by atoms with Gasteiger partial charge >= 0.3 is 5.97 Å². The van der Waals surface area contributed by atoms with Crippen molar-refractivity contribution >= 4 is 38.5 Å². The molecule has 0 bridgehead atoms. The van der Waals surface area contributed by atoms with Crippen molar-refractivity contribution in [3.8, 4) is 0 Å². The van der Waals surface area contributed by atoms with E-state index >= 15 is 0 Å². The average Bonchev–Trinajstić information content (AvgIpc) is 2.36. The third-order valence-corrected chi connectivity index (χ3v) is 3.10. The third-order valence-electron chi connectivity index (χ3n) is 2.52. The van der Waals surface area contributed by atoms with Crippen LogP contribution in [0.15, 0.2) is 16.7 Å². The van der Waals surface area contributed by atoms with Crippen LogP contribution in [0.5, 0.6) is 0 Å². The van der Waals surface area contributed by atoms with Gasteiger partial charge in [0.2, 0.25) is 0 Å². The number of rotatable bonds is 2. The summed E-state index contributed by atoms with van der Waals surface area (Å²) < 4.78 is 32.3.